The van der Waals surface area contributed by atoms with Crippen LogP contribution in [0.1, 0.15) is 36.8 Å². The second kappa shape index (κ2) is 6.67. The van der Waals surface area contributed by atoms with E-state index in [-0.39, 0.29) is 5.82 Å². The van der Waals surface area contributed by atoms with Crippen LogP contribution in [0.25, 0.3) is 0 Å². The monoisotopic (exact) mass is 313 g/mol. The first-order valence-corrected chi connectivity index (χ1v) is 7.88. The molecule has 0 spiro atoms. The van der Waals surface area contributed by atoms with E-state index in [4.69, 9.17) is 0 Å². The Hall–Kier alpha value is -0.410. The highest BCUT2D eigenvalue weighted by molar-refractivity contribution is 9.09. The van der Waals surface area contributed by atoms with Gasteiger partial charge < -0.3 is 0 Å². The number of halogens is 2. The summed E-state index contributed by atoms with van der Waals surface area (Å²) in [7, 11) is 0. The normalized spacial score (nSPS) is 20.5. The maximum atomic E-state index is 13.1. The Morgan fingerprint density at radius 2 is 2.28 bits per heavy atom. The topological polar surface area (TPSA) is 3.24 Å². The number of likely N-dealkylation sites (tertiary alicyclic amines) is 1. The first-order valence-electron chi connectivity index (χ1n) is 6.75. The van der Waals surface area contributed by atoms with Gasteiger partial charge in [-0.3, -0.25) is 4.90 Å². The van der Waals surface area contributed by atoms with Crippen molar-refractivity contribution in [2.24, 2.45) is 0 Å². The zero-order chi connectivity index (χ0) is 13.0. The lowest BCUT2D eigenvalue weighted by Gasteiger charge is -2.25. The number of nitrogens with zero attached hydrogens (tertiary/aromatic N) is 1. The Balaban J connectivity index is 1.99. The van der Waals surface area contributed by atoms with E-state index in [9.17, 15) is 4.39 Å². The Morgan fingerprint density at radius 1 is 1.44 bits per heavy atom. The average molecular weight is 314 g/mol. The van der Waals surface area contributed by atoms with E-state index < -0.39 is 0 Å². The van der Waals surface area contributed by atoms with E-state index in [1.165, 1.54) is 37.8 Å². The Morgan fingerprint density at radius 3 is 3.00 bits per heavy atom. The van der Waals surface area contributed by atoms with Gasteiger partial charge in [0.1, 0.15) is 5.82 Å². The van der Waals surface area contributed by atoms with Gasteiger partial charge in [0, 0.05) is 17.9 Å². The van der Waals surface area contributed by atoms with Crippen LogP contribution in [0.15, 0.2) is 18.2 Å². The van der Waals surface area contributed by atoms with Gasteiger partial charge in [0.25, 0.3) is 0 Å². The molecule has 0 bridgehead atoms. The molecule has 0 radical (unpaired) electrons. The summed E-state index contributed by atoms with van der Waals surface area (Å²) >= 11 is 3.50. The first-order chi connectivity index (χ1) is 8.70. The summed E-state index contributed by atoms with van der Waals surface area (Å²) in [5.74, 6) is -0.131. The van der Waals surface area contributed by atoms with Crippen LogP contribution in [0.5, 0.6) is 0 Å². The summed E-state index contributed by atoms with van der Waals surface area (Å²) in [5.41, 5.74) is 2.34. The molecule has 2 rings (SSSR count). The van der Waals surface area contributed by atoms with Crippen molar-refractivity contribution >= 4 is 15.9 Å². The molecule has 1 saturated heterocycles. The molecule has 3 heteroatoms. The number of aryl methyl sites for hydroxylation is 1. The van der Waals surface area contributed by atoms with E-state index in [0.717, 1.165) is 17.4 Å². The van der Waals surface area contributed by atoms with Crippen LogP contribution < -0.4 is 0 Å². The molecular formula is C15H21BrFN. The van der Waals surface area contributed by atoms with Crippen LogP contribution in [0.4, 0.5) is 4.39 Å². The van der Waals surface area contributed by atoms with Crippen molar-refractivity contribution in [3.05, 3.63) is 35.1 Å². The van der Waals surface area contributed by atoms with Crippen LogP contribution in [-0.4, -0.2) is 22.8 Å². The summed E-state index contributed by atoms with van der Waals surface area (Å²) < 4.78 is 13.1. The first kappa shape index (κ1) is 14.0. The fourth-order valence-corrected chi connectivity index (χ4v) is 3.12. The zero-order valence-electron chi connectivity index (χ0n) is 11.0. The van der Waals surface area contributed by atoms with Crippen molar-refractivity contribution in [1.82, 2.24) is 4.90 Å². The number of hydrogen-bond acceptors (Lipinski definition) is 1. The average Bonchev–Trinajstić information content (AvgIpc) is 2.77. The fraction of sp³-hybridized carbons (Fsp3) is 0.600. The van der Waals surface area contributed by atoms with E-state index >= 15 is 0 Å². The van der Waals surface area contributed by atoms with Gasteiger partial charge in [-0.05, 0) is 62.4 Å². The summed E-state index contributed by atoms with van der Waals surface area (Å²) in [6, 6.07) is 5.86. The molecule has 0 amide bonds. The van der Waals surface area contributed by atoms with Crippen molar-refractivity contribution in [3.63, 3.8) is 0 Å². The fourth-order valence-electron chi connectivity index (χ4n) is 2.80. The van der Waals surface area contributed by atoms with Crippen LogP contribution >= 0.6 is 15.9 Å². The van der Waals surface area contributed by atoms with E-state index in [1.807, 2.05) is 13.0 Å². The zero-order valence-corrected chi connectivity index (χ0v) is 12.5. The quantitative estimate of drug-likeness (QED) is 0.734. The second-order valence-corrected chi connectivity index (χ2v) is 5.96. The molecule has 0 aromatic heterocycles. The molecule has 1 atom stereocenters. The van der Waals surface area contributed by atoms with E-state index in [1.54, 1.807) is 12.1 Å². The smallest absolute Gasteiger partial charge is 0.123 e. The summed E-state index contributed by atoms with van der Waals surface area (Å²) in [6.07, 6.45) is 5.12. The Kier molecular flexibility index (Phi) is 5.19. The van der Waals surface area contributed by atoms with Crippen LogP contribution in [0.3, 0.4) is 0 Å². The van der Waals surface area contributed by atoms with Crippen molar-refractivity contribution in [2.75, 3.05) is 11.9 Å². The third kappa shape index (κ3) is 3.55. The summed E-state index contributed by atoms with van der Waals surface area (Å²) in [5, 5.41) is 1.09. The van der Waals surface area contributed by atoms with E-state index in [0.29, 0.717) is 6.04 Å². The molecule has 1 fully saturated rings. The Bertz CT molecular complexity index is 394. The van der Waals surface area contributed by atoms with Gasteiger partial charge in [-0.15, -0.1) is 0 Å². The van der Waals surface area contributed by atoms with Crippen molar-refractivity contribution in [1.29, 1.82) is 0 Å². The molecule has 1 aromatic carbocycles. The molecule has 0 saturated carbocycles. The largest absolute Gasteiger partial charge is 0.296 e. The van der Waals surface area contributed by atoms with Crippen molar-refractivity contribution in [2.45, 2.75) is 45.2 Å². The number of hydrogen-bond donors (Lipinski definition) is 0. The molecule has 1 aromatic rings. The maximum Gasteiger partial charge on any atom is 0.123 e. The Labute approximate surface area is 118 Å². The van der Waals surface area contributed by atoms with Gasteiger partial charge >= 0.3 is 0 Å². The number of alkyl halides is 1. The second-order valence-electron chi connectivity index (χ2n) is 5.17. The van der Waals surface area contributed by atoms with Gasteiger partial charge in [0.05, 0.1) is 0 Å². The molecule has 1 heterocycles. The SMILES string of the molecule is Cc1cc(F)ccc1CN1CCCC1CCCBr. The lowest BCUT2D eigenvalue weighted by atomic mass is 10.1. The van der Waals surface area contributed by atoms with Crippen molar-refractivity contribution in [3.8, 4) is 0 Å². The van der Waals surface area contributed by atoms with Crippen LogP contribution in [0.2, 0.25) is 0 Å². The van der Waals surface area contributed by atoms with Gasteiger partial charge in [-0.2, -0.15) is 0 Å². The molecule has 1 nitrogen and oxygen atoms in total. The highest BCUT2D eigenvalue weighted by Crippen LogP contribution is 2.25. The molecule has 1 aliphatic heterocycles. The lowest BCUT2D eigenvalue weighted by molar-refractivity contribution is 0.233. The highest BCUT2D eigenvalue weighted by Gasteiger charge is 2.24. The molecule has 1 unspecified atom stereocenters. The summed E-state index contributed by atoms with van der Waals surface area (Å²) in [4.78, 5) is 2.56. The summed E-state index contributed by atoms with van der Waals surface area (Å²) in [6.45, 7) is 4.16. The van der Waals surface area contributed by atoms with Gasteiger partial charge in [-0.1, -0.05) is 22.0 Å². The molecule has 0 N–H and O–H groups in total. The standard InChI is InChI=1S/C15H21BrFN/c1-12-10-14(17)7-6-13(12)11-18-9-3-5-15(18)4-2-8-16/h6-7,10,15H,2-5,8-9,11H2,1H3. The molecular weight excluding hydrogens is 293 g/mol. The van der Waals surface area contributed by atoms with Crippen molar-refractivity contribution < 1.29 is 4.39 Å². The van der Waals surface area contributed by atoms with Crippen LogP contribution in [0, 0.1) is 12.7 Å². The lowest BCUT2D eigenvalue weighted by Crippen LogP contribution is -2.29. The van der Waals surface area contributed by atoms with Gasteiger partial charge in [-0.25, -0.2) is 4.39 Å². The predicted molar refractivity (Wildman–Crippen MR) is 77.6 cm³/mol. The minimum Gasteiger partial charge on any atom is -0.296 e. The minimum atomic E-state index is -0.131. The van der Waals surface area contributed by atoms with Gasteiger partial charge in [0.2, 0.25) is 0 Å². The maximum absolute atomic E-state index is 13.1. The van der Waals surface area contributed by atoms with Gasteiger partial charge in [0.15, 0.2) is 0 Å². The minimum absolute atomic E-state index is 0.131. The third-order valence-electron chi connectivity index (χ3n) is 3.85. The van der Waals surface area contributed by atoms with E-state index in [2.05, 4.69) is 20.8 Å². The third-order valence-corrected chi connectivity index (χ3v) is 4.41. The predicted octanol–water partition coefficient (Wildman–Crippen LogP) is 4.27. The molecule has 100 valence electrons. The molecule has 1 aliphatic rings. The van der Waals surface area contributed by atoms with Crippen LogP contribution in [-0.2, 0) is 6.54 Å². The number of rotatable bonds is 5. The number of benzene rings is 1. The molecule has 18 heavy (non-hydrogen) atoms. The highest BCUT2D eigenvalue weighted by atomic mass is 79.9. The molecule has 0 aliphatic carbocycles.